The molecule has 18 heavy (non-hydrogen) atoms. The van der Waals surface area contributed by atoms with Crippen molar-refractivity contribution in [1.29, 1.82) is 0 Å². The van der Waals surface area contributed by atoms with E-state index in [1.165, 1.54) is 0 Å². The fourth-order valence-corrected chi connectivity index (χ4v) is 2.02. The smallest absolute Gasteiger partial charge is 0.115 e. The van der Waals surface area contributed by atoms with Crippen molar-refractivity contribution in [3.63, 3.8) is 0 Å². The van der Waals surface area contributed by atoms with Crippen LogP contribution >= 0.6 is 0 Å². The molecule has 1 aromatic carbocycles. The molecule has 0 amide bonds. The number of hydrogen-bond acceptors (Lipinski definition) is 4. The maximum Gasteiger partial charge on any atom is 0.115 e. The molecular formula is C14H24N2O2. The average molecular weight is 252 g/mol. The molecule has 4 nitrogen and oxygen atoms in total. The first-order valence-corrected chi connectivity index (χ1v) is 6.19. The minimum atomic E-state index is -0.769. The largest absolute Gasteiger partial charge is 0.508 e. The molecule has 0 aliphatic carbocycles. The van der Waals surface area contributed by atoms with E-state index in [0.29, 0.717) is 13.1 Å². The van der Waals surface area contributed by atoms with Gasteiger partial charge in [-0.25, -0.2) is 0 Å². The van der Waals surface area contributed by atoms with Crippen LogP contribution in [0.25, 0.3) is 0 Å². The predicted octanol–water partition coefficient (Wildman–Crippen LogP) is 1.36. The zero-order valence-corrected chi connectivity index (χ0v) is 11.6. The molecule has 1 aromatic rings. The standard InChI is InChI=1S/C14H24N2O2/c1-11(12-6-5-7-13(17)8-12)15-9-14(2,18)10-16(3)4/h5-8,11,15,17-18H,9-10H2,1-4H3. The normalized spacial score (nSPS) is 16.6. The second kappa shape index (κ2) is 6.18. The Bertz CT molecular complexity index is 378. The topological polar surface area (TPSA) is 55.7 Å². The molecule has 0 saturated heterocycles. The van der Waals surface area contributed by atoms with E-state index < -0.39 is 5.60 Å². The van der Waals surface area contributed by atoms with Crippen molar-refractivity contribution in [2.45, 2.75) is 25.5 Å². The van der Waals surface area contributed by atoms with Gasteiger partial charge < -0.3 is 20.4 Å². The lowest BCUT2D eigenvalue weighted by Crippen LogP contribution is -2.46. The summed E-state index contributed by atoms with van der Waals surface area (Å²) in [6.45, 7) is 4.93. The monoisotopic (exact) mass is 252 g/mol. The van der Waals surface area contributed by atoms with E-state index in [-0.39, 0.29) is 11.8 Å². The van der Waals surface area contributed by atoms with Crippen molar-refractivity contribution in [3.8, 4) is 5.75 Å². The van der Waals surface area contributed by atoms with Gasteiger partial charge in [0.05, 0.1) is 5.60 Å². The molecule has 4 heteroatoms. The lowest BCUT2D eigenvalue weighted by Gasteiger charge is -2.29. The van der Waals surface area contributed by atoms with Crippen molar-refractivity contribution in [2.75, 3.05) is 27.2 Å². The number of nitrogens with zero attached hydrogens (tertiary/aromatic N) is 1. The highest BCUT2D eigenvalue weighted by Gasteiger charge is 2.22. The summed E-state index contributed by atoms with van der Waals surface area (Å²) in [7, 11) is 3.88. The van der Waals surface area contributed by atoms with E-state index in [4.69, 9.17) is 0 Å². The third kappa shape index (κ3) is 5.04. The fraction of sp³-hybridized carbons (Fsp3) is 0.571. The summed E-state index contributed by atoms with van der Waals surface area (Å²) in [5, 5.41) is 22.9. The zero-order chi connectivity index (χ0) is 13.8. The molecule has 102 valence electrons. The van der Waals surface area contributed by atoms with Crippen molar-refractivity contribution >= 4 is 0 Å². The molecule has 0 heterocycles. The number of hydrogen-bond donors (Lipinski definition) is 3. The Morgan fingerprint density at radius 2 is 2.06 bits per heavy atom. The van der Waals surface area contributed by atoms with E-state index in [9.17, 15) is 10.2 Å². The first-order valence-electron chi connectivity index (χ1n) is 6.19. The number of aromatic hydroxyl groups is 1. The Kier molecular flexibility index (Phi) is 5.14. The van der Waals surface area contributed by atoms with Gasteiger partial charge in [0.15, 0.2) is 0 Å². The molecule has 3 N–H and O–H groups in total. The van der Waals surface area contributed by atoms with Crippen LogP contribution in [0.15, 0.2) is 24.3 Å². The van der Waals surface area contributed by atoms with Crippen molar-refractivity contribution < 1.29 is 10.2 Å². The van der Waals surface area contributed by atoms with Gasteiger partial charge in [-0.15, -0.1) is 0 Å². The van der Waals surface area contributed by atoms with Crippen LogP contribution in [0.5, 0.6) is 5.75 Å². The lowest BCUT2D eigenvalue weighted by atomic mass is 10.0. The Hall–Kier alpha value is -1.10. The average Bonchev–Trinajstić information content (AvgIpc) is 2.24. The van der Waals surface area contributed by atoms with Gasteiger partial charge in [0, 0.05) is 19.1 Å². The zero-order valence-electron chi connectivity index (χ0n) is 11.6. The van der Waals surface area contributed by atoms with Gasteiger partial charge in [-0.2, -0.15) is 0 Å². The molecular weight excluding hydrogens is 228 g/mol. The van der Waals surface area contributed by atoms with Crippen LogP contribution in [0, 0.1) is 0 Å². The number of rotatable bonds is 6. The number of phenolic OH excluding ortho intramolecular Hbond substituents is 1. The number of nitrogens with one attached hydrogen (secondary N) is 1. The van der Waals surface area contributed by atoms with Crippen LogP contribution in [0.1, 0.15) is 25.5 Å². The van der Waals surface area contributed by atoms with Gasteiger partial charge in [0.25, 0.3) is 0 Å². The van der Waals surface area contributed by atoms with E-state index in [2.05, 4.69) is 5.32 Å². The van der Waals surface area contributed by atoms with Crippen LogP contribution in [0.3, 0.4) is 0 Å². The molecule has 0 saturated carbocycles. The number of likely N-dealkylation sites (N-methyl/N-ethyl adjacent to an activating group) is 1. The van der Waals surface area contributed by atoms with Crippen LogP contribution < -0.4 is 5.32 Å². The fourth-order valence-electron chi connectivity index (χ4n) is 2.02. The molecule has 1 rings (SSSR count). The minimum absolute atomic E-state index is 0.0886. The first kappa shape index (κ1) is 15.0. The molecule has 0 bridgehead atoms. The minimum Gasteiger partial charge on any atom is -0.508 e. The first-order chi connectivity index (χ1) is 8.30. The summed E-state index contributed by atoms with van der Waals surface area (Å²) in [6, 6.07) is 7.25. The summed E-state index contributed by atoms with van der Waals surface area (Å²) in [6.07, 6.45) is 0. The lowest BCUT2D eigenvalue weighted by molar-refractivity contribution is 0.0317. The summed E-state index contributed by atoms with van der Waals surface area (Å²) in [5.74, 6) is 0.265. The highest BCUT2D eigenvalue weighted by Crippen LogP contribution is 2.18. The third-order valence-electron chi connectivity index (χ3n) is 2.82. The second-order valence-electron chi connectivity index (χ2n) is 5.43. The molecule has 0 fully saturated rings. The molecule has 2 atom stereocenters. The Balaban J connectivity index is 2.53. The molecule has 0 aromatic heterocycles. The molecule has 0 aliphatic heterocycles. The third-order valence-corrected chi connectivity index (χ3v) is 2.82. The van der Waals surface area contributed by atoms with E-state index >= 15 is 0 Å². The van der Waals surface area contributed by atoms with Crippen LogP contribution in [-0.2, 0) is 0 Å². The van der Waals surface area contributed by atoms with Gasteiger partial charge in [-0.1, -0.05) is 12.1 Å². The van der Waals surface area contributed by atoms with Crippen LogP contribution in [-0.4, -0.2) is 47.9 Å². The van der Waals surface area contributed by atoms with Gasteiger partial charge >= 0.3 is 0 Å². The highest BCUT2D eigenvalue weighted by atomic mass is 16.3. The highest BCUT2D eigenvalue weighted by molar-refractivity contribution is 5.29. The second-order valence-corrected chi connectivity index (χ2v) is 5.43. The molecule has 0 radical (unpaired) electrons. The number of aliphatic hydroxyl groups is 1. The van der Waals surface area contributed by atoms with Crippen molar-refractivity contribution in [1.82, 2.24) is 10.2 Å². The number of phenols is 1. The van der Waals surface area contributed by atoms with Gasteiger partial charge in [-0.05, 0) is 45.6 Å². The quantitative estimate of drug-likeness (QED) is 0.715. The molecule has 2 unspecified atom stereocenters. The Morgan fingerprint density at radius 1 is 1.39 bits per heavy atom. The maximum absolute atomic E-state index is 10.2. The van der Waals surface area contributed by atoms with E-state index in [0.717, 1.165) is 5.56 Å². The summed E-state index contributed by atoms with van der Waals surface area (Å²) >= 11 is 0. The van der Waals surface area contributed by atoms with E-state index in [1.54, 1.807) is 12.1 Å². The Morgan fingerprint density at radius 3 is 2.61 bits per heavy atom. The van der Waals surface area contributed by atoms with Gasteiger partial charge in [0.1, 0.15) is 5.75 Å². The van der Waals surface area contributed by atoms with Crippen molar-refractivity contribution in [3.05, 3.63) is 29.8 Å². The van der Waals surface area contributed by atoms with Gasteiger partial charge in [-0.3, -0.25) is 0 Å². The van der Waals surface area contributed by atoms with Gasteiger partial charge in [0.2, 0.25) is 0 Å². The molecule has 0 spiro atoms. The van der Waals surface area contributed by atoms with Crippen molar-refractivity contribution in [2.24, 2.45) is 0 Å². The summed E-state index contributed by atoms with van der Waals surface area (Å²) in [5.41, 5.74) is 0.241. The SMILES string of the molecule is CC(NCC(C)(O)CN(C)C)c1cccc(O)c1. The predicted molar refractivity (Wildman–Crippen MR) is 73.7 cm³/mol. The Labute approximate surface area is 109 Å². The summed E-state index contributed by atoms with van der Waals surface area (Å²) < 4.78 is 0. The maximum atomic E-state index is 10.2. The van der Waals surface area contributed by atoms with Crippen LogP contribution in [0.4, 0.5) is 0 Å². The van der Waals surface area contributed by atoms with Crippen LogP contribution in [0.2, 0.25) is 0 Å². The summed E-state index contributed by atoms with van der Waals surface area (Å²) in [4.78, 5) is 1.96. The van der Waals surface area contributed by atoms with E-state index in [1.807, 2.05) is 45.0 Å². The molecule has 0 aliphatic rings. The number of benzene rings is 1.